The Hall–Kier alpha value is -2.56. The Morgan fingerprint density at radius 2 is 1.90 bits per heavy atom. The first-order chi connectivity index (χ1) is 13.5. The largest absolute Gasteiger partial charge is 0.493 e. The fourth-order valence-electron chi connectivity index (χ4n) is 2.50. The maximum absolute atomic E-state index is 10.9. The molecule has 9 heteroatoms. The first-order valence-corrected chi connectivity index (χ1v) is 9.08. The van der Waals surface area contributed by atoms with Crippen molar-refractivity contribution in [2.75, 3.05) is 20.2 Å². The smallest absolute Gasteiger partial charge is 0.269 e. The van der Waals surface area contributed by atoms with E-state index in [1.807, 2.05) is 44.2 Å². The van der Waals surface area contributed by atoms with Gasteiger partial charge in [-0.2, -0.15) is 0 Å². The van der Waals surface area contributed by atoms with Gasteiger partial charge in [0.1, 0.15) is 6.10 Å². The van der Waals surface area contributed by atoms with Crippen LogP contribution in [0.5, 0.6) is 11.5 Å². The summed E-state index contributed by atoms with van der Waals surface area (Å²) < 4.78 is 11.2. The van der Waals surface area contributed by atoms with Gasteiger partial charge in [-0.15, -0.1) is 24.0 Å². The minimum absolute atomic E-state index is 0. The summed E-state index contributed by atoms with van der Waals surface area (Å²) in [6, 6.07) is 14.0. The summed E-state index contributed by atoms with van der Waals surface area (Å²) in [6.45, 7) is 5.48. The number of non-ortho nitro benzene ring substituents is 1. The second-order valence-corrected chi connectivity index (χ2v) is 6.08. The van der Waals surface area contributed by atoms with Gasteiger partial charge >= 0.3 is 0 Å². The highest BCUT2D eigenvalue weighted by Gasteiger charge is 2.10. The molecule has 2 rings (SSSR count). The van der Waals surface area contributed by atoms with Crippen LogP contribution in [0, 0.1) is 10.1 Å². The van der Waals surface area contributed by atoms with Crippen LogP contribution in [0.2, 0.25) is 0 Å². The summed E-state index contributed by atoms with van der Waals surface area (Å²) in [6.07, 6.45) is -0.127. The number of aliphatic imine (C=N–C) groups is 1. The van der Waals surface area contributed by atoms with Crippen LogP contribution in [0.15, 0.2) is 53.5 Å². The number of hydrogen-bond donors (Lipinski definition) is 2. The highest BCUT2D eigenvalue weighted by atomic mass is 127. The van der Waals surface area contributed by atoms with Crippen LogP contribution in [0.1, 0.15) is 19.4 Å². The number of benzene rings is 2. The number of ether oxygens (including phenoxy) is 2. The molecular formula is C20H27IN4O4. The van der Waals surface area contributed by atoms with Gasteiger partial charge in [-0.25, -0.2) is 4.99 Å². The topological polar surface area (TPSA) is 98.0 Å². The van der Waals surface area contributed by atoms with Gasteiger partial charge in [0.05, 0.1) is 25.1 Å². The highest BCUT2D eigenvalue weighted by molar-refractivity contribution is 14.0. The third kappa shape index (κ3) is 8.14. The lowest BCUT2D eigenvalue weighted by Gasteiger charge is -2.19. The number of nitro benzene ring substituents is 1. The van der Waals surface area contributed by atoms with Crippen molar-refractivity contribution in [3.8, 4) is 11.5 Å². The molecule has 2 aromatic rings. The molecule has 0 aliphatic heterocycles. The van der Waals surface area contributed by atoms with E-state index in [-0.39, 0.29) is 35.8 Å². The number of nitrogens with one attached hydrogen (secondary N) is 2. The lowest BCUT2D eigenvalue weighted by Crippen LogP contribution is -2.41. The lowest BCUT2D eigenvalue weighted by atomic mass is 10.2. The number of guanidine groups is 1. The molecule has 8 nitrogen and oxygen atoms in total. The van der Waals surface area contributed by atoms with Gasteiger partial charge in [0.15, 0.2) is 17.5 Å². The average molecular weight is 514 g/mol. The van der Waals surface area contributed by atoms with Crippen molar-refractivity contribution in [1.82, 2.24) is 10.6 Å². The Morgan fingerprint density at radius 1 is 1.17 bits per heavy atom. The molecule has 0 aromatic heterocycles. The van der Waals surface area contributed by atoms with Crippen LogP contribution in [-0.2, 0) is 6.54 Å². The van der Waals surface area contributed by atoms with Crippen molar-refractivity contribution < 1.29 is 14.4 Å². The van der Waals surface area contributed by atoms with Crippen molar-refractivity contribution in [1.29, 1.82) is 0 Å². The number of nitrogens with zero attached hydrogens (tertiary/aromatic N) is 2. The van der Waals surface area contributed by atoms with E-state index >= 15 is 0 Å². The minimum Gasteiger partial charge on any atom is -0.493 e. The van der Waals surface area contributed by atoms with Gasteiger partial charge in [-0.3, -0.25) is 10.1 Å². The molecule has 0 spiro atoms. The number of rotatable bonds is 9. The second-order valence-electron chi connectivity index (χ2n) is 6.08. The number of methoxy groups -OCH3 is 1. The quantitative estimate of drug-likeness (QED) is 0.174. The van der Waals surface area contributed by atoms with Gasteiger partial charge in [0, 0.05) is 18.7 Å². The zero-order chi connectivity index (χ0) is 20.4. The molecule has 0 amide bonds. The fourth-order valence-corrected chi connectivity index (χ4v) is 2.50. The van der Waals surface area contributed by atoms with Crippen molar-refractivity contribution in [3.63, 3.8) is 0 Å². The molecule has 0 radical (unpaired) electrons. The molecule has 0 fully saturated rings. The molecule has 0 saturated carbocycles. The van der Waals surface area contributed by atoms with Gasteiger partial charge in [0.25, 0.3) is 5.69 Å². The summed E-state index contributed by atoms with van der Waals surface area (Å²) in [5.74, 6) is 1.97. The molecule has 2 aromatic carbocycles. The third-order valence-electron chi connectivity index (χ3n) is 3.84. The van der Waals surface area contributed by atoms with Crippen LogP contribution < -0.4 is 20.1 Å². The summed E-state index contributed by atoms with van der Waals surface area (Å²) >= 11 is 0. The molecule has 0 bridgehead atoms. The van der Waals surface area contributed by atoms with Crippen LogP contribution in [-0.4, -0.2) is 37.2 Å². The van der Waals surface area contributed by atoms with E-state index in [2.05, 4.69) is 15.6 Å². The van der Waals surface area contributed by atoms with Crippen LogP contribution in [0.3, 0.4) is 0 Å². The van der Waals surface area contributed by atoms with E-state index in [4.69, 9.17) is 9.47 Å². The van der Waals surface area contributed by atoms with Gasteiger partial charge in [-0.05, 0) is 31.5 Å². The maximum Gasteiger partial charge on any atom is 0.269 e. The van der Waals surface area contributed by atoms with Gasteiger partial charge in [-0.1, -0.05) is 24.3 Å². The number of nitro groups is 1. The van der Waals surface area contributed by atoms with Crippen molar-refractivity contribution in [2.45, 2.75) is 26.5 Å². The first-order valence-electron chi connectivity index (χ1n) is 9.08. The minimum atomic E-state index is -0.409. The van der Waals surface area contributed by atoms with E-state index in [0.717, 1.165) is 5.56 Å². The van der Waals surface area contributed by atoms with Crippen molar-refractivity contribution in [3.05, 3.63) is 64.2 Å². The standard InChI is InChI=1S/C20H26N4O4.HI/c1-4-21-20(23-14-16-8-7-9-17(12-16)24(25)26)22-13-15(2)28-19-11-6-5-10-18(19)27-3;/h5-12,15H,4,13-14H2,1-3H3,(H2,21,22,23);1H. The maximum atomic E-state index is 10.9. The predicted molar refractivity (Wildman–Crippen MR) is 124 cm³/mol. The van der Waals surface area contributed by atoms with Gasteiger partial charge in [0.2, 0.25) is 0 Å². The van der Waals surface area contributed by atoms with Crippen molar-refractivity contribution in [2.24, 2.45) is 4.99 Å². The SMILES string of the molecule is CCNC(=NCc1cccc([N+](=O)[O-])c1)NCC(C)Oc1ccccc1OC.I. The predicted octanol–water partition coefficient (Wildman–Crippen LogP) is 3.74. The molecule has 0 aliphatic rings. The molecule has 158 valence electrons. The Bertz CT molecular complexity index is 817. The monoisotopic (exact) mass is 514 g/mol. The molecule has 0 saturated heterocycles. The molecule has 1 unspecified atom stereocenters. The first kappa shape index (κ1) is 24.5. The zero-order valence-corrected chi connectivity index (χ0v) is 19.1. The van der Waals surface area contributed by atoms with E-state index in [9.17, 15) is 10.1 Å². The Morgan fingerprint density at radius 3 is 2.55 bits per heavy atom. The normalized spacial score (nSPS) is 11.8. The second kappa shape index (κ2) is 12.8. The Kier molecular flexibility index (Phi) is 10.8. The molecule has 29 heavy (non-hydrogen) atoms. The molecule has 2 N–H and O–H groups in total. The number of halogens is 1. The number of para-hydroxylation sites is 2. The third-order valence-corrected chi connectivity index (χ3v) is 3.84. The molecule has 0 aliphatic carbocycles. The Balaban J connectivity index is 0.00000420. The Labute approximate surface area is 187 Å². The molecule has 0 heterocycles. The molecule has 1 atom stereocenters. The molecular weight excluding hydrogens is 487 g/mol. The van der Waals surface area contributed by atoms with Crippen LogP contribution >= 0.6 is 24.0 Å². The van der Waals surface area contributed by atoms with E-state index < -0.39 is 4.92 Å². The lowest BCUT2D eigenvalue weighted by molar-refractivity contribution is -0.384. The summed E-state index contributed by atoms with van der Waals surface area (Å²) in [5.41, 5.74) is 0.828. The summed E-state index contributed by atoms with van der Waals surface area (Å²) in [5, 5.41) is 17.3. The van der Waals surface area contributed by atoms with E-state index in [1.165, 1.54) is 12.1 Å². The summed E-state index contributed by atoms with van der Waals surface area (Å²) in [4.78, 5) is 15.0. The zero-order valence-electron chi connectivity index (χ0n) is 16.8. The van der Waals surface area contributed by atoms with E-state index in [0.29, 0.717) is 37.1 Å². The van der Waals surface area contributed by atoms with Crippen LogP contribution in [0.4, 0.5) is 5.69 Å². The van der Waals surface area contributed by atoms with Gasteiger partial charge < -0.3 is 20.1 Å². The highest BCUT2D eigenvalue weighted by Crippen LogP contribution is 2.26. The fraction of sp³-hybridized carbons (Fsp3) is 0.350. The average Bonchev–Trinajstić information content (AvgIpc) is 2.70. The summed E-state index contributed by atoms with van der Waals surface area (Å²) in [7, 11) is 1.61. The van der Waals surface area contributed by atoms with Crippen molar-refractivity contribution >= 4 is 35.6 Å². The number of hydrogen-bond acceptors (Lipinski definition) is 5. The van der Waals surface area contributed by atoms with Crippen LogP contribution in [0.25, 0.3) is 0 Å². The van der Waals surface area contributed by atoms with E-state index in [1.54, 1.807) is 13.2 Å².